The summed E-state index contributed by atoms with van der Waals surface area (Å²) in [7, 11) is 0. The molecule has 0 unspecified atom stereocenters. The second kappa shape index (κ2) is 9.05. The van der Waals surface area contributed by atoms with E-state index in [4.69, 9.17) is 9.47 Å². The Balaban J connectivity index is 1.38. The number of benzene rings is 7. The van der Waals surface area contributed by atoms with Crippen molar-refractivity contribution in [3.8, 4) is 34.4 Å². The van der Waals surface area contributed by atoms with Crippen LogP contribution in [0.25, 0.3) is 55.0 Å². The van der Waals surface area contributed by atoms with Crippen LogP contribution in [-0.4, -0.2) is 9.13 Å². The fraction of sp³-hybridized carbons (Fsp3) is 0. The second-order valence-electron chi connectivity index (χ2n) is 12.1. The molecule has 5 heteroatoms. The van der Waals surface area contributed by atoms with E-state index in [1.54, 1.807) is 0 Å². The molecule has 2 aliphatic rings. The predicted octanol–water partition coefficient (Wildman–Crippen LogP) is 11.6. The van der Waals surface area contributed by atoms with Crippen LogP contribution in [0.3, 0.4) is 0 Å². The van der Waals surface area contributed by atoms with Crippen molar-refractivity contribution in [3.05, 3.63) is 152 Å². The Hall–Kier alpha value is -6.46. The number of anilines is 3. The van der Waals surface area contributed by atoms with E-state index in [2.05, 4.69) is 147 Å². The van der Waals surface area contributed by atoms with Gasteiger partial charge in [0, 0.05) is 32.9 Å². The van der Waals surface area contributed by atoms with Gasteiger partial charge in [-0.1, -0.05) is 84.9 Å². The van der Waals surface area contributed by atoms with Gasteiger partial charge in [0.15, 0.2) is 23.0 Å². The largest absolute Gasteiger partial charge is 0.453 e. The number of rotatable bonds is 2. The van der Waals surface area contributed by atoms with Gasteiger partial charge in [0.25, 0.3) is 0 Å². The molecule has 4 heterocycles. The average molecular weight is 604 g/mol. The lowest BCUT2D eigenvalue weighted by Gasteiger charge is -2.38. The summed E-state index contributed by atoms with van der Waals surface area (Å²) in [6.45, 7) is 0. The van der Waals surface area contributed by atoms with Crippen molar-refractivity contribution >= 4 is 60.7 Å². The summed E-state index contributed by atoms with van der Waals surface area (Å²) in [6.07, 6.45) is 0. The Kier molecular flexibility index (Phi) is 4.78. The summed E-state index contributed by atoms with van der Waals surface area (Å²) in [5, 5.41) is 4.64. The fourth-order valence-electron chi connectivity index (χ4n) is 7.78. The number of hydrogen-bond donors (Lipinski definition) is 0. The van der Waals surface area contributed by atoms with E-state index in [1.165, 1.54) is 16.3 Å². The molecule has 11 rings (SSSR count). The predicted molar refractivity (Wildman–Crippen MR) is 190 cm³/mol. The number of hydrogen-bond acceptors (Lipinski definition) is 3. The van der Waals surface area contributed by atoms with Crippen LogP contribution in [0.4, 0.5) is 17.1 Å². The zero-order valence-corrected chi connectivity index (χ0v) is 25.1. The maximum atomic E-state index is 6.98. The number of para-hydroxylation sites is 7. The van der Waals surface area contributed by atoms with E-state index in [-0.39, 0.29) is 0 Å². The first kappa shape index (κ1) is 24.8. The quantitative estimate of drug-likeness (QED) is 0.197. The van der Waals surface area contributed by atoms with Crippen molar-refractivity contribution in [1.29, 1.82) is 0 Å². The van der Waals surface area contributed by atoms with E-state index < -0.39 is 0 Å². The topological polar surface area (TPSA) is 31.6 Å². The highest BCUT2D eigenvalue weighted by atomic mass is 16.5. The molecule has 0 N–H and O–H groups in total. The molecular weight excluding hydrogens is 578 g/mol. The maximum Gasteiger partial charge on any atom is 0.180 e. The van der Waals surface area contributed by atoms with Gasteiger partial charge in [-0.3, -0.25) is 4.90 Å². The van der Waals surface area contributed by atoms with E-state index in [1.807, 2.05) is 18.2 Å². The zero-order valence-electron chi connectivity index (χ0n) is 25.1. The Morgan fingerprint density at radius 1 is 0.404 bits per heavy atom. The molecule has 0 fully saturated rings. The van der Waals surface area contributed by atoms with Crippen molar-refractivity contribution in [1.82, 2.24) is 9.13 Å². The van der Waals surface area contributed by atoms with Gasteiger partial charge in [0.2, 0.25) is 0 Å². The van der Waals surface area contributed by atoms with Crippen molar-refractivity contribution in [3.63, 3.8) is 0 Å². The Morgan fingerprint density at radius 2 is 1.00 bits per heavy atom. The van der Waals surface area contributed by atoms with Gasteiger partial charge in [0.05, 0.1) is 33.4 Å². The van der Waals surface area contributed by atoms with Gasteiger partial charge in [-0.05, 0) is 66.7 Å². The SMILES string of the molecule is c1ccc(-n2c3ccc4c5ccccc5n(-c5ccccc5)c4c3c3cc4c5c(c32)Oc2ccccc2N5c2ccccc2O4)cc1. The number of fused-ring (bicyclic) bond motifs is 12. The maximum absolute atomic E-state index is 6.98. The Bertz CT molecular complexity index is 2730. The lowest BCUT2D eigenvalue weighted by Crippen LogP contribution is -2.20. The highest BCUT2D eigenvalue weighted by Gasteiger charge is 2.38. The number of nitrogens with zero attached hydrogens (tertiary/aromatic N) is 3. The highest BCUT2D eigenvalue weighted by Crippen LogP contribution is 2.62. The minimum Gasteiger partial charge on any atom is -0.453 e. The molecule has 2 aliphatic heterocycles. The van der Waals surface area contributed by atoms with Gasteiger partial charge in [-0.15, -0.1) is 0 Å². The minimum atomic E-state index is 0.771. The Labute approximate surface area is 269 Å². The summed E-state index contributed by atoms with van der Waals surface area (Å²) in [6, 6.07) is 53.2. The van der Waals surface area contributed by atoms with E-state index in [0.29, 0.717) is 0 Å². The molecule has 0 atom stereocenters. The minimum absolute atomic E-state index is 0.771. The van der Waals surface area contributed by atoms with Crippen molar-refractivity contribution in [2.45, 2.75) is 0 Å². The molecule has 220 valence electrons. The second-order valence-corrected chi connectivity index (χ2v) is 12.1. The molecule has 5 nitrogen and oxygen atoms in total. The van der Waals surface area contributed by atoms with Gasteiger partial charge in [-0.25, -0.2) is 0 Å². The molecule has 0 saturated heterocycles. The average Bonchev–Trinajstić information content (AvgIpc) is 3.65. The molecule has 2 aromatic heterocycles. The van der Waals surface area contributed by atoms with Crippen LogP contribution in [0.15, 0.2) is 152 Å². The van der Waals surface area contributed by atoms with Crippen LogP contribution >= 0.6 is 0 Å². The molecule has 0 radical (unpaired) electrons. The van der Waals surface area contributed by atoms with Crippen LogP contribution in [0.2, 0.25) is 0 Å². The van der Waals surface area contributed by atoms with E-state index >= 15 is 0 Å². The molecule has 0 amide bonds. The van der Waals surface area contributed by atoms with E-state index in [9.17, 15) is 0 Å². The standard InChI is InChI=1S/C42H25N3O2/c1-3-13-26(14-4-1)43-31-18-8-7-17-28(31)29-23-24-34-38(39(29)43)30-25-37-41-42(40(30)44(34)27-15-5-2-6-16-27)47-36-22-12-10-20-33(36)45(41)32-19-9-11-21-35(32)46-37/h1-25H. The lowest BCUT2D eigenvalue weighted by atomic mass is 10.0. The summed E-state index contributed by atoms with van der Waals surface area (Å²) >= 11 is 0. The first-order valence-corrected chi connectivity index (χ1v) is 15.9. The van der Waals surface area contributed by atoms with Gasteiger partial charge in [-0.2, -0.15) is 0 Å². The first-order chi connectivity index (χ1) is 23.3. The summed E-state index contributed by atoms with van der Waals surface area (Å²) in [5.41, 5.74) is 9.51. The summed E-state index contributed by atoms with van der Waals surface area (Å²) in [4.78, 5) is 2.30. The van der Waals surface area contributed by atoms with E-state index in [0.717, 1.165) is 78.8 Å². The van der Waals surface area contributed by atoms with Crippen molar-refractivity contribution in [2.75, 3.05) is 4.90 Å². The number of ether oxygens (including phenoxy) is 2. The van der Waals surface area contributed by atoms with Crippen LogP contribution in [0.5, 0.6) is 23.0 Å². The highest BCUT2D eigenvalue weighted by molar-refractivity contribution is 6.28. The third-order valence-electron chi connectivity index (χ3n) is 9.64. The zero-order chi connectivity index (χ0) is 30.6. The fourth-order valence-corrected chi connectivity index (χ4v) is 7.78. The Morgan fingerprint density at radius 3 is 1.72 bits per heavy atom. The third-order valence-corrected chi connectivity index (χ3v) is 9.64. The normalized spacial score (nSPS) is 13.0. The van der Waals surface area contributed by atoms with Crippen LogP contribution in [-0.2, 0) is 0 Å². The van der Waals surface area contributed by atoms with Crippen molar-refractivity contribution < 1.29 is 9.47 Å². The molecule has 0 bridgehead atoms. The van der Waals surface area contributed by atoms with Crippen LogP contribution < -0.4 is 14.4 Å². The van der Waals surface area contributed by atoms with Gasteiger partial charge < -0.3 is 18.6 Å². The lowest BCUT2D eigenvalue weighted by molar-refractivity contribution is 0.449. The summed E-state index contributed by atoms with van der Waals surface area (Å²) < 4.78 is 18.5. The molecule has 7 aromatic carbocycles. The van der Waals surface area contributed by atoms with Gasteiger partial charge >= 0.3 is 0 Å². The molecule has 0 aliphatic carbocycles. The van der Waals surface area contributed by atoms with Crippen LogP contribution in [0.1, 0.15) is 0 Å². The smallest absolute Gasteiger partial charge is 0.180 e. The molecular formula is C42H25N3O2. The van der Waals surface area contributed by atoms with Crippen molar-refractivity contribution in [2.24, 2.45) is 0 Å². The number of aromatic nitrogens is 2. The molecule has 0 spiro atoms. The first-order valence-electron chi connectivity index (χ1n) is 15.9. The summed E-state index contributed by atoms with van der Waals surface area (Å²) in [5.74, 6) is 3.18. The molecule has 47 heavy (non-hydrogen) atoms. The molecule has 0 saturated carbocycles. The third kappa shape index (κ3) is 3.22. The van der Waals surface area contributed by atoms with Crippen LogP contribution in [0, 0.1) is 0 Å². The van der Waals surface area contributed by atoms with Gasteiger partial charge in [0.1, 0.15) is 5.69 Å². The molecule has 9 aromatic rings. The monoisotopic (exact) mass is 603 g/mol.